The monoisotopic (exact) mass is 124 g/mol. The summed E-state index contributed by atoms with van der Waals surface area (Å²) in [5.41, 5.74) is -1.51. The molecule has 0 bridgehead atoms. The van der Waals surface area contributed by atoms with Gasteiger partial charge in [0.25, 0.3) is 6.08 Å². The van der Waals surface area contributed by atoms with Gasteiger partial charge in [0.2, 0.25) is 0 Å². The fourth-order valence-corrected chi connectivity index (χ4v) is 0.181. The van der Waals surface area contributed by atoms with Crippen LogP contribution in [0, 0.1) is 0 Å². The molecule has 0 aromatic carbocycles. The Labute approximate surface area is 45.4 Å². The summed E-state index contributed by atoms with van der Waals surface area (Å²) in [6, 6.07) is 0. The standard InChI is InChI=1S/C3H4BF3O/c1-8-4-2(5)3(6)7/h4H,1H3. The van der Waals surface area contributed by atoms with Crippen LogP contribution in [0.2, 0.25) is 0 Å². The van der Waals surface area contributed by atoms with E-state index in [1.165, 1.54) is 0 Å². The summed E-state index contributed by atoms with van der Waals surface area (Å²) in [5.74, 6) is 0. The zero-order valence-corrected chi connectivity index (χ0v) is 4.25. The Balaban J connectivity index is 3.62. The van der Waals surface area contributed by atoms with Crippen molar-refractivity contribution in [3.05, 3.63) is 11.8 Å². The second-order valence-corrected chi connectivity index (χ2v) is 1.10. The number of hydrogen-bond acceptors (Lipinski definition) is 1. The second-order valence-electron chi connectivity index (χ2n) is 1.10. The van der Waals surface area contributed by atoms with Crippen molar-refractivity contribution < 1.29 is 17.8 Å². The minimum absolute atomic E-state index is 0.650. The lowest BCUT2D eigenvalue weighted by molar-refractivity contribution is 0.377. The molecule has 5 heteroatoms. The summed E-state index contributed by atoms with van der Waals surface area (Å²) in [6.07, 6.45) is -2.31. The van der Waals surface area contributed by atoms with Gasteiger partial charge in [0.05, 0.1) is 0 Å². The summed E-state index contributed by atoms with van der Waals surface area (Å²) >= 11 is 0. The van der Waals surface area contributed by atoms with Gasteiger partial charge >= 0.3 is 7.48 Å². The van der Waals surface area contributed by atoms with Crippen LogP contribution in [-0.4, -0.2) is 14.6 Å². The summed E-state index contributed by atoms with van der Waals surface area (Å²) in [6.45, 7) is 0. The first-order valence-electron chi connectivity index (χ1n) is 1.87. The summed E-state index contributed by atoms with van der Waals surface area (Å²) < 4.78 is 37.7. The summed E-state index contributed by atoms with van der Waals surface area (Å²) in [5, 5.41) is 0. The van der Waals surface area contributed by atoms with Crippen LogP contribution < -0.4 is 0 Å². The van der Waals surface area contributed by atoms with Gasteiger partial charge in [0.1, 0.15) is 0 Å². The molecule has 1 nitrogen and oxygen atoms in total. The van der Waals surface area contributed by atoms with Gasteiger partial charge in [-0.2, -0.15) is 8.78 Å². The Morgan fingerprint density at radius 3 is 2.00 bits per heavy atom. The van der Waals surface area contributed by atoms with Crippen molar-refractivity contribution in [3.8, 4) is 0 Å². The van der Waals surface area contributed by atoms with E-state index >= 15 is 0 Å². The van der Waals surface area contributed by atoms with E-state index in [1.807, 2.05) is 0 Å². The summed E-state index contributed by atoms with van der Waals surface area (Å²) in [4.78, 5) is 0. The van der Waals surface area contributed by atoms with Crippen molar-refractivity contribution in [2.75, 3.05) is 7.11 Å². The molecule has 0 heterocycles. The van der Waals surface area contributed by atoms with E-state index in [-0.39, 0.29) is 0 Å². The van der Waals surface area contributed by atoms with E-state index in [4.69, 9.17) is 0 Å². The Kier molecular flexibility index (Phi) is 3.35. The van der Waals surface area contributed by atoms with Crippen LogP contribution in [-0.2, 0) is 4.65 Å². The van der Waals surface area contributed by atoms with Gasteiger partial charge in [-0.15, -0.1) is 0 Å². The van der Waals surface area contributed by atoms with Crippen LogP contribution in [0.5, 0.6) is 0 Å². The predicted molar refractivity (Wildman–Crippen MR) is 24.5 cm³/mol. The smallest absolute Gasteiger partial charge is 0.348 e. The molecular formula is C3H4BF3O. The SMILES string of the molecule is COBC(F)=C(F)F. The molecule has 0 spiro atoms. The van der Waals surface area contributed by atoms with Gasteiger partial charge in [-0.3, -0.25) is 0 Å². The zero-order chi connectivity index (χ0) is 6.57. The Morgan fingerprint density at radius 2 is 1.88 bits per heavy atom. The van der Waals surface area contributed by atoms with Crippen LogP contribution in [0.25, 0.3) is 0 Å². The van der Waals surface area contributed by atoms with Crippen molar-refractivity contribution in [3.63, 3.8) is 0 Å². The van der Waals surface area contributed by atoms with Crippen LogP contribution >= 0.6 is 0 Å². The van der Waals surface area contributed by atoms with Gasteiger partial charge in [-0.05, 0) is 0 Å². The molecule has 0 N–H and O–H groups in total. The van der Waals surface area contributed by atoms with Gasteiger partial charge in [-0.25, -0.2) is 4.39 Å². The normalized spacial score (nSPS) is 8.50. The molecule has 0 saturated carbocycles. The van der Waals surface area contributed by atoms with Gasteiger partial charge < -0.3 is 4.65 Å². The molecule has 46 valence electrons. The van der Waals surface area contributed by atoms with Crippen LogP contribution in [0.4, 0.5) is 13.2 Å². The van der Waals surface area contributed by atoms with Crippen molar-refractivity contribution in [2.45, 2.75) is 0 Å². The lowest BCUT2D eigenvalue weighted by Gasteiger charge is -1.86. The van der Waals surface area contributed by atoms with Crippen molar-refractivity contribution in [2.24, 2.45) is 0 Å². The maximum absolute atomic E-state index is 11.5. The average molecular weight is 124 g/mol. The van der Waals surface area contributed by atoms with Crippen LogP contribution in [0.1, 0.15) is 0 Å². The highest BCUT2D eigenvalue weighted by Gasteiger charge is 2.04. The highest BCUT2D eigenvalue weighted by atomic mass is 19.3. The van der Waals surface area contributed by atoms with E-state index in [1.54, 1.807) is 0 Å². The fraction of sp³-hybridized carbons (Fsp3) is 0.333. The van der Waals surface area contributed by atoms with Gasteiger partial charge in [0, 0.05) is 7.11 Å². The molecule has 0 fully saturated rings. The lowest BCUT2D eigenvalue weighted by atomic mass is 10.0. The van der Waals surface area contributed by atoms with Crippen LogP contribution in [0.15, 0.2) is 11.8 Å². The summed E-state index contributed by atoms with van der Waals surface area (Å²) in [7, 11) is 0.491. The molecule has 0 unspecified atom stereocenters. The van der Waals surface area contributed by atoms with Gasteiger partial charge in [-0.1, -0.05) is 0 Å². The minimum Gasteiger partial charge on any atom is -0.434 e. The van der Waals surface area contributed by atoms with Crippen LogP contribution in [0.3, 0.4) is 0 Å². The molecule has 0 rings (SSSR count). The molecule has 0 aliphatic heterocycles. The highest BCUT2D eigenvalue weighted by molar-refractivity contribution is 6.36. The molecule has 8 heavy (non-hydrogen) atoms. The maximum Gasteiger partial charge on any atom is 0.348 e. The third kappa shape index (κ3) is 2.68. The molecule has 0 aliphatic rings. The molecule has 0 aliphatic carbocycles. The average Bonchev–Trinajstić information content (AvgIpc) is 1.67. The maximum atomic E-state index is 11.5. The Morgan fingerprint density at radius 1 is 1.38 bits per heavy atom. The molecule has 0 atom stereocenters. The quantitative estimate of drug-likeness (QED) is 0.499. The molecule has 0 radical (unpaired) electrons. The van der Waals surface area contributed by atoms with Crippen molar-refractivity contribution >= 4 is 7.48 Å². The Hall–Kier alpha value is -0.445. The van der Waals surface area contributed by atoms with Crippen molar-refractivity contribution in [1.82, 2.24) is 0 Å². The predicted octanol–water partition coefficient (Wildman–Crippen LogP) is 1.02. The highest BCUT2D eigenvalue weighted by Crippen LogP contribution is 2.06. The molecule has 0 saturated heterocycles. The fourth-order valence-electron chi connectivity index (χ4n) is 0.181. The van der Waals surface area contributed by atoms with E-state index in [0.29, 0.717) is 0 Å². The zero-order valence-electron chi connectivity index (χ0n) is 4.25. The molecular weight excluding hydrogens is 120 g/mol. The molecule has 0 aromatic heterocycles. The second kappa shape index (κ2) is 3.54. The van der Waals surface area contributed by atoms with E-state index < -0.39 is 19.3 Å². The molecule has 0 aromatic rings. The largest absolute Gasteiger partial charge is 0.434 e. The number of halogens is 3. The Bertz CT molecular complexity index is 98.7. The first kappa shape index (κ1) is 7.55. The van der Waals surface area contributed by atoms with Gasteiger partial charge in [0.15, 0.2) is 5.73 Å². The minimum atomic E-state index is -2.31. The van der Waals surface area contributed by atoms with E-state index in [0.717, 1.165) is 7.11 Å². The third-order valence-corrected chi connectivity index (χ3v) is 0.476. The number of hydrogen-bond donors (Lipinski definition) is 0. The van der Waals surface area contributed by atoms with Crippen molar-refractivity contribution in [1.29, 1.82) is 0 Å². The third-order valence-electron chi connectivity index (χ3n) is 0.476. The lowest BCUT2D eigenvalue weighted by Crippen LogP contribution is -1.94. The van der Waals surface area contributed by atoms with E-state index in [9.17, 15) is 13.2 Å². The first-order chi connectivity index (χ1) is 3.68. The topological polar surface area (TPSA) is 9.23 Å². The first-order valence-corrected chi connectivity index (χ1v) is 1.87. The molecule has 0 amide bonds. The number of rotatable bonds is 2. The van der Waals surface area contributed by atoms with E-state index in [2.05, 4.69) is 4.65 Å².